The van der Waals surface area contributed by atoms with E-state index in [9.17, 15) is 31.3 Å². The molecule has 11 heteroatoms. The number of sulfone groups is 1. The van der Waals surface area contributed by atoms with Gasteiger partial charge in [0.15, 0.2) is 9.84 Å². The van der Waals surface area contributed by atoms with Gasteiger partial charge in [-0.1, -0.05) is 6.07 Å². The largest absolute Gasteiger partial charge is 0.507 e. The van der Waals surface area contributed by atoms with Gasteiger partial charge >= 0.3 is 0 Å². The monoisotopic (exact) mass is 483 g/mol. The van der Waals surface area contributed by atoms with E-state index in [0.29, 0.717) is 11.1 Å². The molecule has 1 amide bonds. The number of amides is 1. The third kappa shape index (κ3) is 4.82. The van der Waals surface area contributed by atoms with Gasteiger partial charge in [0.05, 0.1) is 15.5 Å². The summed E-state index contributed by atoms with van der Waals surface area (Å²) in [5.74, 6) is -1.18. The zero-order valence-electron chi connectivity index (χ0n) is 16.2. The minimum absolute atomic E-state index is 0.0198. The van der Waals surface area contributed by atoms with Gasteiger partial charge in [0.2, 0.25) is 0 Å². The summed E-state index contributed by atoms with van der Waals surface area (Å²) in [7, 11) is -6.69. The van der Waals surface area contributed by atoms with Gasteiger partial charge in [-0.15, -0.1) is 11.6 Å². The first-order chi connectivity index (χ1) is 14.4. The summed E-state index contributed by atoms with van der Waals surface area (Å²) in [6.45, 7) is 0. The number of phenols is 1. The molecule has 3 rings (SSSR count). The summed E-state index contributed by atoms with van der Waals surface area (Å²) in [4.78, 5) is 13.7. The molecule has 0 saturated heterocycles. The molecule has 0 fully saturated rings. The zero-order valence-corrected chi connectivity index (χ0v) is 18.6. The molecule has 0 atom stereocenters. The Hall–Kier alpha value is -2.66. The predicted molar refractivity (Wildman–Crippen MR) is 117 cm³/mol. The highest BCUT2D eigenvalue weighted by Gasteiger charge is 2.20. The number of carbonyl (C=O) groups is 1. The summed E-state index contributed by atoms with van der Waals surface area (Å²) in [6.07, 6.45) is 0. The number of benzene rings is 3. The van der Waals surface area contributed by atoms with E-state index in [4.69, 9.17) is 11.6 Å². The van der Waals surface area contributed by atoms with Crippen molar-refractivity contribution in [2.45, 2.75) is 9.79 Å². The quantitative estimate of drug-likeness (QED) is 0.407. The van der Waals surface area contributed by atoms with E-state index >= 15 is 0 Å². The maximum Gasteiger partial charge on any atom is 0.294 e. The number of hydrogen-bond acceptors (Lipinski definition) is 6. The summed E-state index contributed by atoms with van der Waals surface area (Å²) in [5.41, 5.74) is 0.492. The van der Waals surface area contributed by atoms with Crippen LogP contribution in [0.3, 0.4) is 0 Å². The third-order valence-electron chi connectivity index (χ3n) is 4.66. The average Bonchev–Trinajstić information content (AvgIpc) is 2.71. The second kappa shape index (κ2) is 8.46. The lowest BCUT2D eigenvalue weighted by atomic mass is 10.1. The van der Waals surface area contributed by atoms with Crippen LogP contribution in [0.25, 0.3) is 10.8 Å². The van der Waals surface area contributed by atoms with Crippen molar-refractivity contribution in [1.82, 2.24) is 0 Å². The van der Waals surface area contributed by atoms with Crippen LogP contribution in [0.15, 0.2) is 64.4 Å². The Bertz CT molecular complexity index is 1390. The second-order valence-electron chi connectivity index (χ2n) is 6.72. The number of alkyl halides is 1. The summed E-state index contributed by atoms with van der Waals surface area (Å²) >= 11 is 5.54. The number of hydrogen-bond donors (Lipinski definition) is 2. The minimum atomic E-state index is -4.54. The molecule has 3 aromatic rings. The van der Waals surface area contributed by atoms with E-state index in [1.807, 2.05) is 0 Å². The molecule has 0 aromatic heterocycles. The van der Waals surface area contributed by atoms with E-state index in [1.54, 1.807) is 6.07 Å². The lowest BCUT2D eigenvalue weighted by Gasteiger charge is -2.19. The zero-order chi connectivity index (χ0) is 23.0. The van der Waals surface area contributed by atoms with Crippen LogP contribution in [0, 0.1) is 0 Å². The Morgan fingerprint density at radius 1 is 1.00 bits per heavy atom. The van der Waals surface area contributed by atoms with Gasteiger partial charge in [0.25, 0.3) is 16.0 Å². The van der Waals surface area contributed by atoms with Crippen LogP contribution in [-0.4, -0.2) is 51.1 Å². The van der Waals surface area contributed by atoms with E-state index in [1.165, 1.54) is 54.4 Å². The molecule has 3 aromatic carbocycles. The minimum Gasteiger partial charge on any atom is -0.507 e. The number of fused-ring (bicyclic) bond motifs is 1. The molecule has 8 nitrogen and oxygen atoms in total. The van der Waals surface area contributed by atoms with Crippen molar-refractivity contribution in [1.29, 1.82) is 0 Å². The maximum atomic E-state index is 12.9. The second-order valence-corrected chi connectivity index (χ2v) is 10.6. The van der Waals surface area contributed by atoms with E-state index < -0.39 is 30.8 Å². The van der Waals surface area contributed by atoms with E-state index in [-0.39, 0.29) is 33.2 Å². The number of aromatic hydroxyl groups is 1. The number of halogens is 1. The van der Waals surface area contributed by atoms with Crippen LogP contribution < -0.4 is 4.90 Å². The molecule has 31 heavy (non-hydrogen) atoms. The van der Waals surface area contributed by atoms with Gasteiger partial charge in [-0.05, 0) is 47.9 Å². The highest BCUT2D eigenvalue weighted by Crippen LogP contribution is 2.32. The number of carbonyl (C=O) groups excluding carboxylic acids is 1. The molecule has 0 bridgehead atoms. The Morgan fingerprint density at radius 3 is 2.35 bits per heavy atom. The summed E-state index contributed by atoms with van der Waals surface area (Å²) in [6, 6.07) is 12.2. The normalized spacial score (nSPS) is 12.1. The van der Waals surface area contributed by atoms with Gasteiger partial charge < -0.3 is 10.0 Å². The van der Waals surface area contributed by atoms with Crippen molar-refractivity contribution in [2.75, 3.05) is 23.6 Å². The van der Waals surface area contributed by atoms with Gasteiger partial charge in [0, 0.05) is 35.6 Å². The third-order valence-corrected chi connectivity index (χ3v) is 7.62. The SMILES string of the molecule is CN(C(=O)c1cccc(S(=O)(=O)CCCl)c1)c1ccc2c(O)cc(S(=O)(=O)O)cc2c1. The Morgan fingerprint density at radius 2 is 1.71 bits per heavy atom. The van der Waals surface area contributed by atoms with E-state index in [2.05, 4.69) is 0 Å². The average molecular weight is 484 g/mol. The van der Waals surface area contributed by atoms with Crippen molar-refractivity contribution in [2.24, 2.45) is 0 Å². The summed E-state index contributed by atoms with van der Waals surface area (Å²) < 4.78 is 56.6. The molecule has 0 spiro atoms. The molecule has 0 aliphatic heterocycles. The predicted octanol–water partition coefficient (Wildman–Crippen LogP) is 3.08. The highest BCUT2D eigenvalue weighted by molar-refractivity contribution is 7.91. The maximum absolute atomic E-state index is 12.9. The molecule has 0 aliphatic carbocycles. The molecular weight excluding hydrogens is 466 g/mol. The Kier molecular flexibility index (Phi) is 6.28. The van der Waals surface area contributed by atoms with Crippen molar-refractivity contribution in [3.05, 3.63) is 60.2 Å². The lowest BCUT2D eigenvalue weighted by molar-refractivity contribution is 0.0993. The molecule has 0 saturated carbocycles. The Labute approximate surface area is 184 Å². The van der Waals surface area contributed by atoms with Crippen molar-refractivity contribution in [3.63, 3.8) is 0 Å². The molecular formula is C20H18ClNO7S2. The number of rotatable bonds is 6. The topological polar surface area (TPSA) is 129 Å². The number of anilines is 1. The Balaban J connectivity index is 2.01. The van der Waals surface area contributed by atoms with Gasteiger partial charge in [0.1, 0.15) is 5.75 Å². The standard InChI is InChI=1S/C20H18ClNO7S2/c1-22(20(24)13-3-2-4-16(10-13)30(25,26)8-7-21)15-5-6-18-14(9-15)11-17(12-19(18)23)31(27,28)29/h2-6,9-12,23H,7-8H2,1H3,(H,27,28,29). The molecule has 2 N–H and O–H groups in total. The van der Waals surface area contributed by atoms with Gasteiger partial charge in [-0.3, -0.25) is 9.35 Å². The molecule has 0 aliphatic rings. The van der Waals surface area contributed by atoms with Crippen molar-refractivity contribution in [3.8, 4) is 5.75 Å². The van der Waals surface area contributed by atoms with Gasteiger partial charge in [-0.25, -0.2) is 8.42 Å². The van der Waals surface area contributed by atoms with Crippen LogP contribution in [0.1, 0.15) is 10.4 Å². The molecule has 0 radical (unpaired) electrons. The van der Waals surface area contributed by atoms with Crippen molar-refractivity contribution >= 4 is 53.9 Å². The lowest BCUT2D eigenvalue weighted by Crippen LogP contribution is -2.26. The van der Waals surface area contributed by atoms with Crippen molar-refractivity contribution < 1.29 is 31.3 Å². The van der Waals surface area contributed by atoms with Crippen LogP contribution in [0.5, 0.6) is 5.75 Å². The van der Waals surface area contributed by atoms with Crippen LogP contribution in [0.2, 0.25) is 0 Å². The van der Waals surface area contributed by atoms with Gasteiger partial charge in [-0.2, -0.15) is 8.42 Å². The summed E-state index contributed by atoms with van der Waals surface area (Å²) in [5, 5.41) is 10.7. The number of nitrogens with zero attached hydrogens (tertiary/aromatic N) is 1. The fourth-order valence-corrected chi connectivity index (χ4v) is 5.20. The first-order valence-corrected chi connectivity index (χ1v) is 12.5. The van der Waals surface area contributed by atoms with Crippen LogP contribution in [-0.2, 0) is 20.0 Å². The first kappa shape index (κ1) is 23.0. The fourth-order valence-electron chi connectivity index (χ4n) is 3.02. The molecule has 164 valence electrons. The molecule has 0 heterocycles. The number of phenolic OH excluding ortho intramolecular Hbond substituents is 1. The fraction of sp³-hybridized carbons (Fsp3) is 0.150. The first-order valence-electron chi connectivity index (χ1n) is 8.85. The highest BCUT2D eigenvalue weighted by atomic mass is 35.5. The molecule has 0 unspecified atom stereocenters. The van der Waals surface area contributed by atoms with E-state index in [0.717, 1.165) is 6.07 Å². The van der Waals surface area contributed by atoms with Crippen LogP contribution >= 0.6 is 11.6 Å². The smallest absolute Gasteiger partial charge is 0.294 e. The van der Waals surface area contributed by atoms with Crippen LogP contribution in [0.4, 0.5) is 5.69 Å².